The summed E-state index contributed by atoms with van der Waals surface area (Å²) in [7, 11) is 0. The summed E-state index contributed by atoms with van der Waals surface area (Å²) in [6.07, 6.45) is -2.51. The van der Waals surface area contributed by atoms with E-state index in [1.807, 2.05) is 27.7 Å². The molecular formula is C13H24F2N2O2. The summed E-state index contributed by atoms with van der Waals surface area (Å²) in [5, 5.41) is 3.31. The molecule has 19 heavy (non-hydrogen) atoms. The van der Waals surface area contributed by atoms with Gasteiger partial charge in [0.1, 0.15) is 6.61 Å². The predicted octanol–water partition coefficient (Wildman–Crippen LogP) is 1.71. The maximum absolute atomic E-state index is 12.2. The van der Waals surface area contributed by atoms with Crippen LogP contribution in [0.3, 0.4) is 0 Å². The van der Waals surface area contributed by atoms with Gasteiger partial charge in [0, 0.05) is 6.54 Å². The lowest BCUT2D eigenvalue weighted by Gasteiger charge is -2.27. The molecule has 1 aliphatic rings. The van der Waals surface area contributed by atoms with E-state index >= 15 is 0 Å². The molecule has 1 heterocycles. The smallest absolute Gasteiger partial charge is 0.261 e. The van der Waals surface area contributed by atoms with Gasteiger partial charge in [-0.3, -0.25) is 10.1 Å². The van der Waals surface area contributed by atoms with Gasteiger partial charge in [-0.05, 0) is 11.8 Å². The fraction of sp³-hybridized carbons (Fsp3) is 0.923. The fourth-order valence-corrected chi connectivity index (χ4v) is 2.28. The molecule has 0 spiro atoms. The highest BCUT2D eigenvalue weighted by molar-refractivity contribution is 5.84. The molecule has 0 aliphatic carbocycles. The molecule has 1 N–H and O–H groups in total. The maximum atomic E-state index is 12.2. The van der Waals surface area contributed by atoms with E-state index in [1.54, 1.807) is 4.90 Å². The minimum absolute atomic E-state index is 0.0364. The Hall–Kier alpha value is -0.750. The normalized spacial score (nSPS) is 24.3. The van der Waals surface area contributed by atoms with Crippen LogP contribution in [0, 0.1) is 11.8 Å². The molecule has 0 aromatic rings. The lowest BCUT2D eigenvalue weighted by atomic mass is 10.1. The summed E-state index contributed by atoms with van der Waals surface area (Å²) in [4.78, 5) is 14.0. The third kappa shape index (κ3) is 4.38. The Morgan fingerprint density at radius 3 is 2.37 bits per heavy atom. The lowest BCUT2D eigenvalue weighted by Crippen LogP contribution is -2.43. The van der Waals surface area contributed by atoms with Crippen LogP contribution >= 0.6 is 0 Å². The Bertz CT molecular complexity index is 298. The van der Waals surface area contributed by atoms with Gasteiger partial charge in [0.25, 0.3) is 6.43 Å². The van der Waals surface area contributed by atoms with Crippen LogP contribution in [0.1, 0.15) is 27.7 Å². The molecule has 0 aromatic heterocycles. The summed E-state index contributed by atoms with van der Waals surface area (Å²) in [6, 6.07) is -0.192. The molecule has 112 valence electrons. The molecule has 1 saturated heterocycles. The van der Waals surface area contributed by atoms with Gasteiger partial charge in [-0.1, -0.05) is 27.7 Å². The van der Waals surface area contributed by atoms with E-state index in [2.05, 4.69) is 5.32 Å². The molecule has 0 saturated carbocycles. The Morgan fingerprint density at radius 1 is 1.26 bits per heavy atom. The lowest BCUT2D eigenvalue weighted by molar-refractivity contribution is -0.132. The number of nitrogens with zero attached hydrogens (tertiary/aromatic N) is 1. The second kappa shape index (κ2) is 7.14. The summed E-state index contributed by atoms with van der Waals surface area (Å²) in [5.74, 6) is 0.512. The first-order valence-electron chi connectivity index (χ1n) is 6.77. The molecule has 1 aliphatic heterocycles. The third-order valence-corrected chi connectivity index (χ3v) is 3.25. The number of amides is 1. The maximum Gasteiger partial charge on any atom is 0.261 e. The molecule has 0 aromatic carbocycles. The van der Waals surface area contributed by atoms with Crippen LogP contribution < -0.4 is 5.32 Å². The Kier molecular flexibility index (Phi) is 6.13. The minimum Gasteiger partial charge on any atom is -0.374 e. The van der Waals surface area contributed by atoms with Crippen LogP contribution in [0.25, 0.3) is 0 Å². The zero-order chi connectivity index (χ0) is 14.6. The van der Waals surface area contributed by atoms with Gasteiger partial charge in [-0.25, -0.2) is 8.78 Å². The molecule has 1 rings (SSSR count). The van der Waals surface area contributed by atoms with Crippen molar-refractivity contribution >= 4 is 5.91 Å². The summed E-state index contributed by atoms with van der Waals surface area (Å²) in [5.41, 5.74) is 0. The second-order valence-electron chi connectivity index (χ2n) is 5.57. The van der Waals surface area contributed by atoms with Gasteiger partial charge in [0.05, 0.1) is 18.8 Å². The molecule has 2 unspecified atom stereocenters. The predicted molar refractivity (Wildman–Crippen MR) is 68.9 cm³/mol. The van der Waals surface area contributed by atoms with Gasteiger partial charge in [0.15, 0.2) is 0 Å². The SMILES string of the molecule is CC(C)C1NC(C(C)C)N(CCOCC(F)F)C1=O. The molecule has 1 fully saturated rings. The number of nitrogens with one attached hydrogen (secondary N) is 1. The topological polar surface area (TPSA) is 41.6 Å². The van der Waals surface area contributed by atoms with Crippen molar-refractivity contribution in [1.29, 1.82) is 0 Å². The van der Waals surface area contributed by atoms with Gasteiger partial charge in [0.2, 0.25) is 5.91 Å². The van der Waals surface area contributed by atoms with Crippen molar-refractivity contribution in [3.63, 3.8) is 0 Å². The number of hydrogen-bond acceptors (Lipinski definition) is 3. The number of ether oxygens (including phenoxy) is 1. The average Bonchev–Trinajstić information content (AvgIpc) is 2.62. The zero-order valence-corrected chi connectivity index (χ0v) is 12.0. The monoisotopic (exact) mass is 278 g/mol. The number of halogens is 2. The number of hydrogen-bond donors (Lipinski definition) is 1. The van der Waals surface area contributed by atoms with Crippen LogP contribution in [0.15, 0.2) is 0 Å². The van der Waals surface area contributed by atoms with Crippen molar-refractivity contribution in [3.05, 3.63) is 0 Å². The Balaban J connectivity index is 2.54. The summed E-state index contributed by atoms with van der Waals surface area (Å²) in [6.45, 7) is 7.96. The second-order valence-corrected chi connectivity index (χ2v) is 5.57. The summed E-state index contributed by atoms with van der Waals surface area (Å²) >= 11 is 0. The zero-order valence-electron chi connectivity index (χ0n) is 12.0. The van der Waals surface area contributed by atoms with E-state index in [-0.39, 0.29) is 36.6 Å². The average molecular weight is 278 g/mol. The van der Waals surface area contributed by atoms with Gasteiger partial charge in [-0.2, -0.15) is 0 Å². The van der Waals surface area contributed by atoms with Crippen LogP contribution in [0.2, 0.25) is 0 Å². The molecule has 4 nitrogen and oxygen atoms in total. The number of alkyl halides is 2. The van der Waals surface area contributed by atoms with Crippen molar-refractivity contribution in [2.75, 3.05) is 19.8 Å². The molecule has 0 radical (unpaired) electrons. The molecule has 6 heteroatoms. The molecule has 1 amide bonds. The van der Waals surface area contributed by atoms with E-state index < -0.39 is 13.0 Å². The van der Waals surface area contributed by atoms with Gasteiger partial charge < -0.3 is 9.64 Å². The van der Waals surface area contributed by atoms with Crippen LogP contribution in [0.4, 0.5) is 8.78 Å². The quantitative estimate of drug-likeness (QED) is 0.721. The Morgan fingerprint density at radius 2 is 1.89 bits per heavy atom. The standard InChI is InChI=1S/C13H24F2N2O2/c1-8(2)11-13(18)17(12(16-11)9(3)4)5-6-19-7-10(14)15/h8-12,16H,5-7H2,1-4H3. The highest BCUT2D eigenvalue weighted by atomic mass is 19.3. The first-order valence-corrected chi connectivity index (χ1v) is 6.77. The van der Waals surface area contributed by atoms with Gasteiger partial charge in [-0.15, -0.1) is 0 Å². The fourth-order valence-electron chi connectivity index (χ4n) is 2.28. The molecule has 2 atom stereocenters. The minimum atomic E-state index is -2.46. The van der Waals surface area contributed by atoms with E-state index in [0.717, 1.165) is 0 Å². The first-order chi connectivity index (χ1) is 8.84. The van der Waals surface area contributed by atoms with E-state index in [9.17, 15) is 13.6 Å². The molecular weight excluding hydrogens is 254 g/mol. The molecule has 0 bridgehead atoms. The summed E-state index contributed by atoms with van der Waals surface area (Å²) < 4.78 is 28.8. The van der Waals surface area contributed by atoms with Crippen molar-refractivity contribution in [1.82, 2.24) is 10.2 Å². The van der Waals surface area contributed by atoms with E-state index in [0.29, 0.717) is 6.54 Å². The highest BCUT2D eigenvalue weighted by Crippen LogP contribution is 2.21. The van der Waals surface area contributed by atoms with Crippen molar-refractivity contribution < 1.29 is 18.3 Å². The Labute approximate surface area is 113 Å². The number of carbonyl (C=O) groups excluding carboxylic acids is 1. The highest BCUT2D eigenvalue weighted by Gasteiger charge is 2.41. The van der Waals surface area contributed by atoms with Crippen molar-refractivity contribution in [2.45, 2.75) is 46.3 Å². The third-order valence-electron chi connectivity index (χ3n) is 3.25. The van der Waals surface area contributed by atoms with Crippen molar-refractivity contribution in [2.24, 2.45) is 11.8 Å². The van der Waals surface area contributed by atoms with E-state index in [1.165, 1.54) is 0 Å². The van der Waals surface area contributed by atoms with E-state index in [4.69, 9.17) is 4.74 Å². The van der Waals surface area contributed by atoms with Crippen LogP contribution in [0.5, 0.6) is 0 Å². The van der Waals surface area contributed by atoms with Crippen LogP contribution in [-0.4, -0.2) is 49.2 Å². The van der Waals surface area contributed by atoms with Gasteiger partial charge >= 0.3 is 0 Å². The number of rotatable bonds is 7. The van der Waals surface area contributed by atoms with Crippen LogP contribution in [-0.2, 0) is 9.53 Å². The largest absolute Gasteiger partial charge is 0.374 e. The van der Waals surface area contributed by atoms with Crippen molar-refractivity contribution in [3.8, 4) is 0 Å². The number of carbonyl (C=O) groups is 1. The first kappa shape index (κ1) is 16.3.